The minimum Gasteiger partial charge on any atom is -0.376 e. The van der Waals surface area contributed by atoms with Crippen LogP contribution in [0.5, 0.6) is 0 Å². The van der Waals surface area contributed by atoms with Crippen molar-refractivity contribution in [2.45, 2.75) is 32.3 Å². The van der Waals surface area contributed by atoms with Gasteiger partial charge in [-0.1, -0.05) is 6.92 Å². The largest absolute Gasteiger partial charge is 0.376 e. The first-order chi connectivity index (χ1) is 15.6. The molecule has 0 bridgehead atoms. The van der Waals surface area contributed by atoms with E-state index in [-0.39, 0.29) is 17.9 Å². The second kappa shape index (κ2) is 10.2. The summed E-state index contributed by atoms with van der Waals surface area (Å²) in [5, 5.41) is 7.12. The van der Waals surface area contributed by atoms with Crippen LogP contribution in [-0.4, -0.2) is 57.3 Å². The van der Waals surface area contributed by atoms with Crippen molar-refractivity contribution in [3.63, 3.8) is 0 Å². The average molecular weight is 434 g/mol. The summed E-state index contributed by atoms with van der Waals surface area (Å²) in [7, 11) is 0. The third-order valence-electron chi connectivity index (χ3n) is 5.37. The molecule has 2 amide bonds. The fourth-order valence-corrected chi connectivity index (χ4v) is 3.75. The van der Waals surface area contributed by atoms with E-state index in [1.165, 1.54) is 6.20 Å². The SMILES string of the molecule is CCCN(CC1CCCO1)C(=O)c1ccc(-n2cc(NC(=O)c3cccnc3)cn2)cc1. The lowest BCUT2D eigenvalue weighted by molar-refractivity contribution is 0.0526. The van der Waals surface area contributed by atoms with Gasteiger partial charge in [-0.15, -0.1) is 0 Å². The van der Waals surface area contributed by atoms with Crippen LogP contribution in [0.25, 0.3) is 5.69 Å². The van der Waals surface area contributed by atoms with E-state index in [0.29, 0.717) is 29.9 Å². The Kier molecular flexibility index (Phi) is 6.91. The maximum atomic E-state index is 13.0. The Labute approximate surface area is 187 Å². The van der Waals surface area contributed by atoms with Gasteiger partial charge in [0, 0.05) is 37.7 Å². The van der Waals surface area contributed by atoms with Crippen LogP contribution in [0.1, 0.15) is 46.9 Å². The first-order valence-electron chi connectivity index (χ1n) is 10.9. The smallest absolute Gasteiger partial charge is 0.257 e. The van der Waals surface area contributed by atoms with Gasteiger partial charge in [-0.05, 0) is 55.7 Å². The first-order valence-corrected chi connectivity index (χ1v) is 10.9. The summed E-state index contributed by atoms with van der Waals surface area (Å²) in [5.41, 5.74) is 2.48. The maximum Gasteiger partial charge on any atom is 0.257 e. The molecule has 4 rings (SSSR count). The standard InChI is InChI=1S/C24H27N5O3/c1-2-12-28(17-22-6-4-13-32-22)24(31)18-7-9-21(10-8-18)29-16-20(15-26-29)27-23(30)19-5-3-11-25-14-19/h3,5,7-11,14-16,22H,2,4,6,12-13,17H2,1H3,(H,27,30). The predicted molar refractivity (Wildman–Crippen MR) is 121 cm³/mol. The van der Waals surface area contributed by atoms with Gasteiger partial charge in [0.1, 0.15) is 0 Å². The molecule has 1 aliphatic rings. The molecule has 1 saturated heterocycles. The lowest BCUT2D eigenvalue weighted by Crippen LogP contribution is -2.37. The van der Waals surface area contributed by atoms with Crippen LogP contribution < -0.4 is 5.32 Å². The van der Waals surface area contributed by atoms with Gasteiger partial charge in [-0.2, -0.15) is 5.10 Å². The minimum atomic E-state index is -0.249. The highest BCUT2D eigenvalue weighted by molar-refractivity contribution is 6.03. The predicted octanol–water partition coefficient (Wildman–Crippen LogP) is 3.55. The quantitative estimate of drug-likeness (QED) is 0.587. The molecule has 32 heavy (non-hydrogen) atoms. The van der Waals surface area contributed by atoms with Crippen LogP contribution in [0.15, 0.2) is 61.2 Å². The molecular weight excluding hydrogens is 406 g/mol. The summed E-state index contributed by atoms with van der Waals surface area (Å²) in [6.07, 6.45) is 9.53. The summed E-state index contributed by atoms with van der Waals surface area (Å²) in [6.45, 7) is 4.19. The number of ether oxygens (including phenoxy) is 1. The van der Waals surface area contributed by atoms with E-state index in [2.05, 4.69) is 22.3 Å². The third kappa shape index (κ3) is 5.20. The maximum absolute atomic E-state index is 13.0. The van der Waals surface area contributed by atoms with Gasteiger partial charge >= 0.3 is 0 Å². The lowest BCUT2D eigenvalue weighted by atomic mass is 10.1. The van der Waals surface area contributed by atoms with Crippen molar-refractivity contribution in [2.75, 3.05) is 25.0 Å². The van der Waals surface area contributed by atoms with Crippen LogP contribution >= 0.6 is 0 Å². The summed E-state index contributed by atoms with van der Waals surface area (Å²) in [6, 6.07) is 10.7. The molecule has 3 heterocycles. The molecule has 1 N–H and O–H groups in total. The highest BCUT2D eigenvalue weighted by Crippen LogP contribution is 2.18. The minimum absolute atomic E-state index is 0.0128. The number of aromatic nitrogens is 3. The molecule has 0 spiro atoms. The number of hydrogen-bond donors (Lipinski definition) is 1. The van der Waals surface area contributed by atoms with E-state index in [1.807, 2.05) is 29.2 Å². The van der Waals surface area contributed by atoms with Crippen molar-refractivity contribution in [1.82, 2.24) is 19.7 Å². The zero-order valence-corrected chi connectivity index (χ0v) is 18.1. The molecule has 166 valence electrons. The van der Waals surface area contributed by atoms with Gasteiger partial charge in [0.05, 0.1) is 35.4 Å². The fourth-order valence-electron chi connectivity index (χ4n) is 3.75. The van der Waals surface area contributed by atoms with E-state index >= 15 is 0 Å². The zero-order valence-electron chi connectivity index (χ0n) is 18.1. The molecule has 1 fully saturated rings. The molecule has 1 atom stereocenters. The zero-order chi connectivity index (χ0) is 22.3. The number of carbonyl (C=O) groups is 2. The number of anilines is 1. The number of pyridine rings is 1. The summed E-state index contributed by atoms with van der Waals surface area (Å²) < 4.78 is 7.37. The third-order valence-corrected chi connectivity index (χ3v) is 5.37. The molecule has 0 aliphatic carbocycles. The Bertz CT molecular complexity index is 1040. The molecule has 2 aromatic heterocycles. The summed E-state index contributed by atoms with van der Waals surface area (Å²) in [5.74, 6) is -0.236. The van der Waals surface area contributed by atoms with Gasteiger partial charge in [-0.3, -0.25) is 14.6 Å². The number of hydrogen-bond acceptors (Lipinski definition) is 5. The highest BCUT2D eigenvalue weighted by atomic mass is 16.5. The van der Waals surface area contributed by atoms with Crippen LogP contribution in [0.2, 0.25) is 0 Å². The average Bonchev–Trinajstić information content (AvgIpc) is 3.51. The van der Waals surface area contributed by atoms with Crippen molar-refractivity contribution in [3.05, 3.63) is 72.3 Å². The normalized spacial score (nSPS) is 15.5. The molecule has 3 aromatic rings. The topological polar surface area (TPSA) is 89.4 Å². The van der Waals surface area contributed by atoms with Crippen molar-refractivity contribution in [3.8, 4) is 5.69 Å². The Morgan fingerprint density at radius 3 is 2.72 bits per heavy atom. The van der Waals surface area contributed by atoms with E-state index in [1.54, 1.807) is 35.4 Å². The van der Waals surface area contributed by atoms with Crippen LogP contribution in [0.3, 0.4) is 0 Å². The monoisotopic (exact) mass is 433 g/mol. The van der Waals surface area contributed by atoms with E-state index < -0.39 is 0 Å². The molecule has 1 aliphatic heterocycles. The second-order valence-electron chi connectivity index (χ2n) is 7.80. The van der Waals surface area contributed by atoms with Crippen molar-refractivity contribution >= 4 is 17.5 Å². The summed E-state index contributed by atoms with van der Waals surface area (Å²) >= 11 is 0. The Morgan fingerprint density at radius 2 is 2.03 bits per heavy atom. The molecule has 8 heteroatoms. The Morgan fingerprint density at radius 1 is 1.19 bits per heavy atom. The van der Waals surface area contributed by atoms with Gasteiger partial charge in [-0.25, -0.2) is 4.68 Å². The van der Waals surface area contributed by atoms with Gasteiger partial charge in [0.15, 0.2) is 0 Å². The number of benzene rings is 1. The van der Waals surface area contributed by atoms with Gasteiger partial charge < -0.3 is 15.0 Å². The molecule has 1 aromatic carbocycles. The Balaban J connectivity index is 1.41. The molecular formula is C24H27N5O3. The van der Waals surface area contributed by atoms with Crippen molar-refractivity contribution in [1.29, 1.82) is 0 Å². The number of nitrogens with zero attached hydrogens (tertiary/aromatic N) is 4. The molecule has 0 saturated carbocycles. The van der Waals surface area contributed by atoms with E-state index in [9.17, 15) is 9.59 Å². The summed E-state index contributed by atoms with van der Waals surface area (Å²) in [4.78, 5) is 31.1. The molecule has 8 nitrogen and oxygen atoms in total. The van der Waals surface area contributed by atoms with Crippen LogP contribution in [-0.2, 0) is 4.74 Å². The molecule has 1 unspecified atom stereocenters. The van der Waals surface area contributed by atoms with Crippen molar-refractivity contribution in [2.24, 2.45) is 0 Å². The van der Waals surface area contributed by atoms with Gasteiger partial charge in [0.25, 0.3) is 11.8 Å². The molecule has 0 radical (unpaired) electrons. The highest BCUT2D eigenvalue weighted by Gasteiger charge is 2.23. The number of nitrogens with one attached hydrogen (secondary N) is 1. The van der Waals surface area contributed by atoms with Crippen LogP contribution in [0, 0.1) is 0 Å². The Hall–Kier alpha value is -3.52. The van der Waals surface area contributed by atoms with E-state index in [4.69, 9.17) is 4.74 Å². The van der Waals surface area contributed by atoms with Gasteiger partial charge in [0.2, 0.25) is 0 Å². The van der Waals surface area contributed by atoms with Crippen molar-refractivity contribution < 1.29 is 14.3 Å². The fraction of sp³-hybridized carbons (Fsp3) is 0.333. The first kappa shape index (κ1) is 21.7. The number of amides is 2. The van der Waals surface area contributed by atoms with E-state index in [0.717, 1.165) is 31.6 Å². The number of rotatable bonds is 8. The lowest BCUT2D eigenvalue weighted by Gasteiger charge is -2.25. The number of carbonyl (C=O) groups excluding carboxylic acids is 2. The van der Waals surface area contributed by atoms with Crippen LogP contribution in [0.4, 0.5) is 5.69 Å². The second-order valence-corrected chi connectivity index (χ2v) is 7.80.